The number of unbranched alkanes of at least 4 members (excludes halogenated alkanes) is 2. The lowest BCUT2D eigenvalue weighted by Crippen LogP contribution is -2.15. The van der Waals surface area contributed by atoms with Crippen LogP contribution in [-0.4, -0.2) is 92.4 Å². The van der Waals surface area contributed by atoms with Crippen LogP contribution in [-0.2, 0) is 38.0 Å². The molecule has 0 bridgehead atoms. The molecule has 0 spiro atoms. The van der Waals surface area contributed by atoms with Gasteiger partial charge >= 0.3 is 5.97 Å². The Bertz CT molecular complexity index is 301. The second-order valence-corrected chi connectivity index (χ2v) is 5.73. The van der Waals surface area contributed by atoms with E-state index in [1.54, 1.807) is 7.11 Å². The molecule has 162 valence electrons. The monoisotopic (exact) mass is 394 g/mol. The highest BCUT2D eigenvalue weighted by atomic mass is 16.6. The maximum atomic E-state index is 11.4. The third kappa shape index (κ3) is 23.2. The molecule has 0 heterocycles. The minimum atomic E-state index is -0.150. The Morgan fingerprint density at radius 2 is 1.00 bits per heavy atom. The molecule has 0 aliphatic rings. The molecule has 8 nitrogen and oxygen atoms in total. The van der Waals surface area contributed by atoms with Gasteiger partial charge < -0.3 is 33.2 Å². The molecule has 0 radical (unpaired) electrons. The second-order valence-electron chi connectivity index (χ2n) is 5.73. The SMILES string of the molecule is CCCCCC(=O)OCCOCCOCCOCCOCCOCCOC. The predicted octanol–water partition coefficient (Wildman–Crippen LogP) is 1.84. The standard InChI is InChI=1S/C19H38O8/c1-3-4-5-6-19(20)27-18-17-26-16-15-25-14-13-24-12-11-23-10-9-22-8-7-21-2/h3-18H2,1-2H3. The van der Waals surface area contributed by atoms with Gasteiger partial charge in [0.15, 0.2) is 0 Å². The molecule has 0 fully saturated rings. The summed E-state index contributed by atoms with van der Waals surface area (Å²) in [6.45, 7) is 8.14. The molecule has 0 aromatic heterocycles. The van der Waals surface area contributed by atoms with Crippen molar-refractivity contribution in [3.05, 3.63) is 0 Å². The lowest BCUT2D eigenvalue weighted by molar-refractivity contribution is -0.145. The maximum absolute atomic E-state index is 11.4. The number of hydrogen-bond acceptors (Lipinski definition) is 8. The molecule has 8 heteroatoms. The van der Waals surface area contributed by atoms with Gasteiger partial charge in [-0.1, -0.05) is 19.8 Å². The molecule has 0 rings (SSSR count). The summed E-state index contributed by atoms with van der Waals surface area (Å²) >= 11 is 0. The average Bonchev–Trinajstić information content (AvgIpc) is 2.67. The minimum absolute atomic E-state index is 0.150. The topological polar surface area (TPSA) is 81.7 Å². The molecular weight excluding hydrogens is 356 g/mol. The van der Waals surface area contributed by atoms with Crippen molar-refractivity contribution in [3.8, 4) is 0 Å². The van der Waals surface area contributed by atoms with Gasteiger partial charge in [0.1, 0.15) is 6.61 Å². The Hall–Kier alpha value is -0.770. The van der Waals surface area contributed by atoms with Gasteiger partial charge in [-0.25, -0.2) is 0 Å². The summed E-state index contributed by atoms with van der Waals surface area (Å²) in [4.78, 5) is 11.4. The zero-order valence-electron chi connectivity index (χ0n) is 17.1. The van der Waals surface area contributed by atoms with Crippen molar-refractivity contribution in [1.29, 1.82) is 0 Å². The van der Waals surface area contributed by atoms with Gasteiger partial charge in [0, 0.05) is 13.5 Å². The van der Waals surface area contributed by atoms with E-state index in [9.17, 15) is 4.79 Å². The molecular formula is C19H38O8. The third-order valence-corrected chi connectivity index (χ3v) is 3.40. The number of methoxy groups -OCH3 is 1. The fourth-order valence-electron chi connectivity index (χ4n) is 1.93. The first kappa shape index (κ1) is 26.2. The van der Waals surface area contributed by atoms with Gasteiger partial charge in [0.05, 0.1) is 72.7 Å². The fourth-order valence-corrected chi connectivity index (χ4v) is 1.93. The van der Waals surface area contributed by atoms with E-state index < -0.39 is 0 Å². The molecule has 0 aliphatic carbocycles. The van der Waals surface area contributed by atoms with Crippen LogP contribution in [0.3, 0.4) is 0 Å². The molecule has 0 saturated carbocycles. The van der Waals surface area contributed by atoms with Crippen molar-refractivity contribution < 1.29 is 38.0 Å². The first-order valence-electron chi connectivity index (χ1n) is 9.84. The third-order valence-electron chi connectivity index (χ3n) is 3.40. The lowest BCUT2D eigenvalue weighted by atomic mass is 10.2. The van der Waals surface area contributed by atoms with Crippen LogP contribution in [0, 0.1) is 0 Å². The molecule has 0 aliphatic heterocycles. The van der Waals surface area contributed by atoms with E-state index in [1.807, 2.05) is 0 Å². The molecule has 0 unspecified atom stereocenters. The highest BCUT2D eigenvalue weighted by molar-refractivity contribution is 5.69. The van der Waals surface area contributed by atoms with Crippen molar-refractivity contribution in [3.63, 3.8) is 0 Å². The van der Waals surface area contributed by atoms with Crippen molar-refractivity contribution in [2.24, 2.45) is 0 Å². The van der Waals surface area contributed by atoms with Crippen LogP contribution in [0.4, 0.5) is 0 Å². The van der Waals surface area contributed by atoms with Gasteiger partial charge in [0.25, 0.3) is 0 Å². The summed E-state index contributed by atoms with van der Waals surface area (Å²) in [5.74, 6) is -0.150. The van der Waals surface area contributed by atoms with E-state index in [1.165, 1.54) is 0 Å². The van der Waals surface area contributed by atoms with Gasteiger partial charge in [0.2, 0.25) is 0 Å². The summed E-state index contributed by atoms with van der Waals surface area (Å²) in [5, 5.41) is 0. The van der Waals surface area contributed by atoms with Gasteiger partial charge in [-0.3, -0.25) is 4.79 Å². The predicted molar refractivity (Wildman–Crippen MR) is 101 cm³/mol. The quantitative estimate of drug-likeness (QED) is 0.203. The van der Waals surface area contributed by atoms with Gasteiger partial charge in [-0.15, -0.1) is 0 Å². The first-order chi connectivity index (χ1) is 13.3. The number of carbonyl (C=O) groups is 1. The summed E-state index contributed by atoms with van der Waals surface area (Å²) in [7, 11) is 1.64. The van der Waals surface area contributed by atoms with E-state index in [4.69, 9.17) is 33.2 Å². The normalized spacial score (nSPS) is 11.0. The first-order valence-corrected chi connectivity index (χ1v) is 9.84. The Kier molecular flexibility index (Phi) is 22.6. The highest BCUT2D eigenvalue weighted by Gasteiger charge is 2.01. The fraction of sp³-hybridized carbons (Fsp3) is 0.947. The number of esters is 1. The van der Waals surface area contributed by atoms with E-state index in [0.717, 1.165) is 19.3 Å². The molecule has 0 atom stereocenters. The van der Waals surface area contributed by atoms with Crippen molar-refractivity contribution in [2.75, 3.05) is 86.4 Å². The van der Waals surface area contributed by atoms with Crippen molar-refractivity contribution >= 4 is 5.97 Å². The number of ether oxygens (including phenoxy) is 7. The molecule has 27 heavy (non-hydrogen) atoms. The molecule has 0 aromatic carbocycles. The van der Waals surface area contributed by atoms with Crippen molar-refractivity contribution in [2.45, 2.75) is 32.6 Å². The van der Waals surface area contributed by atoms with Gasteiger partial charge in [-0.2, -0.15) is 0 Å². The van der Waals surface area contributed by atoms with Crippen LogP contribution in [0.5, 0.6) is 0 Å². The Balaban J connectivity index is 3.06. The average molecular weight is 395 g/mol. The second kappa shape index (κ2) is 23.3. The molecule has 0 N–H and O–H groups in total. The minimum Gasteiger partial charge on any atom is -0.463 e. The van der Waals surface area contributed by atoms with Gasteiger partial charge in [-0.05, 0) is 6.42 Å². The Labute approximate surface area is 163 Å². The lowest BCUT2D eigenvalue weighted by Gasteiger charge is -2.08. The highest BCUT2D eigenvalue weighted by Crippen LogP contribution is 2.00. The van der Waals surface area contributed by atoms with E-state index in [-0.39, 0.29) is 5.97 Å². The largest absolute Gasteiger partial charge is 0.463 e. The zero-order chi connectivity index (χ0) is 19.8. The molecule has 0 amide bonds. The maximum Gasteiger partial charge on any atom is 0.305 e. The van der Waals surface area contributed by atoms with Crippen LogP contribution in [0.25, 0.3) is 0 Å². The smallest absolute Gasteiger partial charge is 0.305 e. The number of rotatable bonds is 22. The zero-order valence-corrected chi connectivity index (χ0v) is 17.1. The summed E-state index contributed by atoms with van der Waals surface area (Å²) in [6.07, 6.45) is 3.54. The van der Waals surface area contributed by atoms with Crippen LogP contribution >= 0.6 is 0 Å². The van der Waals surface area contributed by atoms with Crippen LogP contribution in [0.15, 0.2) is 0 Å². The summed E-state index contributed by atoms with van der Waals surface area (Å²) in [5.41, 5.74) is 0. The Morgan fingerprint density at radius 3 is 1.41 bits per heavy atom. The number of carbonyl (C=O) groups excluding carboxylic acids is 1. The number of hydrogen-bond donors (Lipinski definition) is 0. The van der Waals surface area contributed by atoms with Crippen LogP contribution in [0.1, 0.15) is 32.6 Å². The molecule has 0 aromatic rings. The van der Waals surface area contributed by atoms with Crippen molar-refractivity contribution in [1.82, 2.24) is 0 Å². The van der Waals surface area contributed by atoms with E-state index in [0.29, 0.717) is 85.7 Å². The van der Waals surface area contributed by atoms with E-state index >= 15 is 0 Å². The Morgan fingerprint density at radius 1 is 0.593 bits per heavy atom. The molecule has 0 saturated heterocycles. The summed E-state index contributed by atoms with van der Waals surface area (Å²) < 4.78 is 36.6. The van der Waals surface area contributed by atoms with Crippen LogP contribution < -0.4 is 0 Å². The van der Waals surface area contributed by atoms with E-state index in [2.05, 4.69) is 6.92 Å². The van der Waals surface area contributed by atoms with Crippen LogP contribution in [0.2, 0.25) is 0 Å². The summed E-state index contributed by atoms with van der Waals surface area (Å²) in [6, 6.07) is 0.